The number of nitrogens with one attached hydrogen (secondary N) is 1. The van der Waals surface area contributed by atoms with E-state index in [1.54, 1.807) is 30.0 Å². The van der Waals surface area contributed by atoms with Crippen LogP contribution in [-0.2, 0) is 11.2 Å². The third kappa shape index (κ3) is 3.86. The number of benzene rings is 2. The first-order chi connectivity index (χ1) is 14.1. The second kappa shape index (κ2) is 8.05. The molecule has 1 aromatic heterocycles. The highest BCUT2D eigenvalue weighted by atomic mass is 32.1. The molecule has 29 heavy (non-hydrogen) atoms. The van der Waals surface area contributed by atoms with Crippen molar-refractivity contribution in [1.29, 1.82) is 0 Å². The summed E-state index contributed by atoms with van der Waals surface area (Å²) in [5, 5.41) is 5.31. The van der Waals surface area contributed by atoms with E-state index in [0.717, 1.165) is 28.9 Å². The van der Waals surface area contributed by atoms with E-state index in [-0.39, 0.29) is 11.8 Å². The van der Waals surface area contributed by atoms with E-state index in [2.05, 4.69) is 16.4 Å². The van der Waals surface area contributed by atoms with Gasteiger partial charge >= 0.3 is 0 Å². The number of hydrogen-bond donors (Lipinski definition) is 1. The maximum atomic E-state index is 12.6. The lowest BCUT2D eigenvalue weighted by atomic mass is 10.1. The van der Waals surface area contributed by atoms with Gasteiger partial charge in [0.15, 0.2) is 5.13 Å². The Bertz CT molecular complexity index is 1080. The van der Waals surface area contributed by atoms with Gasteiger partial charge in [0.2, 0.25) is 5.91 Å². The molecule has 1 aliphatic rings. The number of nitrogens with zero attached hydrogens (tertiary/aromatic N) is 2. The average Bonchev–Trinajstić information content (AvgIpc) is 3.35. The first-order valence-corrected chi connectivity index (χ1v) is 10.3. The molecule has 0 fully saturated rings. The van der Waals surface area contributed by atoms with Crippen molar-refractivity contribution in [2.75, 3.05) is 23.4 Å². The Labute approximate surface area is 173 Å². The van der Waals surface area contributed by atoms with Crippen LogP contribution in [0.4, 0.5) is 10.8 Å². The minimum absolute atomic E-state index is 0.0579. The van der Waals surface area contributed by atoms with Crippen molar-refractivity contribution < 1.29 is 14.3 Å². The van der Waals surface area contributed by atoms with E-state index >= 15 is 0 Å². The Morgan fingerprint density at radius 1 is 1.24 bits per heavy atom. The molecule has 0 atom stereocenters. The predicted molar refractivity (Wildman–Crippen MR) is 115 cm³/mol. The monoisotopic (exact) mass is 407 g/mol. The fraction of sp³-hybridized carbons (Fsp3) is 0.227. The lowest BCUT2D eigenvalue weighted by Crippen LogP contribution is -2.25. The topological polar surface area (TPSA) is 71.5 Å². The number of anilines is 2. The van der Waals surface area contributed by atoms with Gasteiger partial charge in [-0.15, -0.1) is 11.3 Å². The Morgan fingerprint density at radius 3 is 2.86 bits per heavy atom. The SMILES string of the molecule is CCOc1ccccc1C(=O)Nc1nc(-c2ccc3c(c2)CCN3C(C)=O)cs1. The number of rotatable bonds is 5. The summed E-state index contributed by atoms with van der Waals surface area (Å²) in [6.07, 6.45) is 0.838. The van der Waals surface area contributed by atoms with E-state index < -0.39 is 0 Å². The summed E-state index contributed by atoms with van der Waals surface area (Å²) in [6.45, 7) is 4.67. The van der Waals surface area contributed by atoms with Crippen LogP contribution in [0.5, 0.6) is 5.75 Å². The summed E-state index contributed by atoms with van der Waals surface area (Å²) in [4.78, 5) is 30.7. The van der Waals surface area contributed by atoms with Gasteiger partial charge < -0.3 is 9.64 Å². The third-order valence-electron chi connectivity index (χ3n) is 4.81. The number of carbonyl (C=O) groups excluding carboxylic acids is 2. The predicted octanol–water partition coefficient (Wildman–Crippen LogP) is 4.37. The van der Waals surface area contributed by atoms with Gasteiger partial charge in [-0.1, -0.05) is 18.2 Å². The van der Waals surface area contributed by atoms with Crippen molar-refractivity contribution in [1.82, 2.24) is 4.98 Å². The maximum Gasteiger partial charge on any atom is 0.261 e. The van der Waals surface area contributed by atoms with Crippen molar-refractivity contribution in [3.63, 3.8) is 0 Å². The molecule has 148 valence electrons. The van der Waals surface area contributed by atoms with E-state index in [4.69, 9.17) is 4.74 Å². The van der Waals surface area contributed by atoms with Gasteiger partial charge in [-0.05, 0) is 43.2 Å². The number of amides is 2. The van der Waals surface area contributed by atoms with Crippen molar-refractivity contribution in [3.8, 4) is 17.0 Å². The van der Waals surface area contributed by atoms with E-state index in [1.807, 2.05) is 30.5 Å². The van der Waals surface area contributed by atoms with E-state index in [9.17, 15) is 9.59 Å². The van der Waals surface area contributed by atoms with Crippen LogP contribution in [0.3, 0.4) is 0 Å². The van der Waals surface area contributed by atoms with Gasteiger partial charge in [0.05, 0.1) is 17.9 Å². The maximum absolute atomic E-state index is 12.6. The number of fused-ring (bicyclic) bond motifs is 1. The van der Waals surface area contributed by atoms with Crippen LogP contribution in [0.15, 0.2) is 47.8 Å². The standard InChI is InChI=1S/C22H21N3O3S/c1-3-28-20-7-5-4-6-17(20)21(27)24-22-23-18(13-29-22)15-8-9-19-16(12-15)10-11-25(19)14(2)26/h4-9,12-13H,3,10-11H2,1-2H3,(H,23,24,27). The van der Waals surface area contributed by atoms with Crippen LogP contribution in [0.2, 0.25) is 0 Å². The van der Waals surface area contributed by atoms with Gasteiger partial charge in [-0.3, -0.25) is 14.9 Å². The molecule has 1 aliphatic heterocycles. The van der Waals surface area contributed by atoms with Gasteiger partial charge in [0, 0.05) is 30.1 Å². The largest absolute Gasteiger partial charge is 0.493 e. The Kier molecular flexibility index (Phi) is 5.31. The van der Waals surface area contributed by atoms with Gasteiger partial charge in [0.1, 0.15) is 5.75 Å². The number of ether oxygens (including phenoxy) is 1. The van der Waals surface area contributed by atoms with Crippen LogP contribution < -0.4 is 15.0 Å². The highest BCUT2D eigenvalue weighted by Crippen LogP contribution is 2.33. The van der Waals surface area contributed by atoms with Gasteiger partial charge in [-0.2, -0.15) is 0 Å². The van der Waals surface area contributed by atoms with E-state index in [1.165, 1.54) is 11.3 Å². The lowest BCUT2D eigenvalue weighted by Gasteiger charge is -2.14. The molecule has 7 heteroatoms. The molecule has 0 aliphatic carbocycles. The van der Waals surface area contributed by atoms with Crippen LogP contribution in [0.25, 0.3) is 11.3 Å². The van der Waals surface area contributed by atoms with Crippen LogP contribution in [0.1, 0.15) is 29.8 Å². The number of carbonyl (C=O) groups is 2. The molecule has 4 rings (SSSR count). The Hall–Kier alpha value is -3.19. The highest BCUT2D eigenvalue weighted by Gasteiger charge is 2.22. The summed E-state index contributed by atoms with van der Waals surface area (Å²) in [5.74, 6) is 0.362. The second-order valence-corrected chi connectivity index (χ2v) is 7.54. The van der Waals surface area contributed by atoms with Gasteiger partial charge in [-0.25, -0.2) is 4.98 Å². The van der Waals surface area contributed by atoms with Crippen LogP contribution in [-0.4, -0.2) is 29.9 Å². The normalized spacial score (nSPS) is 12.6. The number of para-hydroxylation sites is 1. The molecule has 3 aromatic rings. The fourth-order valence-electron chi connectivity index (χ4n) is 3.45. The summed E-state index contributed by atoms with van der Waals surface area (Å²) < 4.78 is 5.53. The van der Waals surface area contributed by atoms with Crippen molar-refractivity contribution >= 4 is 34.0 Å². The zero-order valence-corrected chi connectivity index (χ0v) is 17.1. The molecule has 0 saturated heterocycles. The molecular formula is C22H21N3O3S. The quantitative estimate of drug-likeness (QED) is 0.682. The highest BCUT2D eigenvalue weighted by molar-refractivity contribution is 7.14. The van der Waals surface area contributed by atoms with Crippen molar-refractivity contribution in [2.24, 2.45) is 0 Å². The summed E-state index contributed by atoms with van der Waals surface area (Å²) in [7, 11) is 0. The van der Waals surface area contributed by atoms with Gasteiger partial charge in [0.25, 0.3) is 5.91 Å². The van der Waals surface area contributed by atoms with Crippen LogP contribution in [0, 0.1) is 0 Å². The van der Waals surface area contributed by atoms with Crippen LogP contribution >= 0.6 is 11.3 Å². The molecule has 0 spiro atoms. The first kappa shape index (κ1) is 19.1. The molecular weight excluding hydrogens is 386 g/mol. The molecule has 0 bridgehead atoms. The first-order valence-electron chi connectivity index (χ1n) is 9.47. The lowest BCUT2D eigenvalue weighted by molar-refractivity contribution is -0.116. The Balaban J connectivity index is 1.52. The molecule has 2 amide bonds. The number of aromatic nitrogens is 1. The zero-order chi connectivity index (χ0) is 20.4. The second-order valence-electron chi connectivity index (χ2n) is 6.69. The minimum Gasteiger partial charge on any atom is -0.493 e. The summed E-state index contributed by atoms with van der Waals surface area (Å²) >= 11 is 1.38. The van der Waals surface area contributed by atoms with E-state index in [0.29, 0.717) is 29.6 Å². The average molecular weight is 407 g/mol. The number of hydrogen-bond acceptors (Lipinski definition) is 5. The molecule has 6 nitrogen and oxygen atoms in total. The molecule has 0 radical (unpaired) electrons. The Morgan fingerprint density at radius 2 is 2.07 bits per heavy atom. The summed E-state index contributed by atoms with van der Waals surface area (Å²) in [6, 6.07) is 13.2. The minimum atomic E-state index is -0.249. The third-order valence-corrected chi connectivity index (χ3v) is 5.56. The molecule has 2 aromatic carbocycles. The zero-order valence-electron chi connectivity index (χ0n) is 16.3. The van der Waals surface area contributed by atoms with Crippen molar-refractivity contribution in [2.45, 2.75) is 20.3 Å². The van der Waals surface area contributed by atoms with Crippen molar-refractivity contribution in [3.05, 3.63) is 59.0 Å². The summed E-state index contributed by atoms with van der Waals surface area (Å²) in [5.41, 5.74) is 4.36. The number of thiazole rings is 1. The molecule has 1 N–H and O–H groups in total. The molecule has 0 saturated carbocycles. The fourth-order valence-corrected chi connectivity index (χ4v) is 4.17. The smallest absolute Gasteiger partial charge is 0.261 e. The molecule has 2 heterocycles. The molecule has 0 unspecified atom stereocenters.